The van der Waals surface area contributed by atoms with Crippen LogP contribution < -0.4 is 10.1 Å². The molecule has 0 spiro atoms. The predicted octanol–water partition coefficient (Wildman–Crippen LogP) is 2.49. The molecular formula is C18H23NO4. The maximum Gasteiger partial charge on any atom is 0.306 e. The first-order chi connectivity index (χ1) is 11.0. The summed E-state index contributed by atoms with van der Waals surface area (Å²) in [6.07, 6.45) is 4.86. The van der Waals surface area contributed by atoms with Gasteiger partial charge in [0.05, 0.1) is 18.4 Å². The minimum Gasteiger partial charge on any atom is -0.497 e. The Kier molecular flexibility index (Phi) is 4.28. The second kappa shape index (κ2) is 6.22. The van der Waals surface area contributed by atoms with E-state index in [1.807, 2.05) is 24.3 Å². The molecule has 0 unspecified atom stereocenters. The fraction of sp³-hybridized carbons (Fsp3) is 0.556. The van der Waals surface area contributed by atoms with E-state index in [0.29, 0.717) is 12.8 Å². The Morgan fingerprint density at radius 3 is 2.30 bits per heavy atom. The van der Waals surface area contributed by atoms with Crippen LogP contribution in [0, 0.1) is 5.92 Å². The van der Waals surface area contributed by atoms with E-state index in [-0.39, 0.29) is 17.9 Å². The molecule has 124 valence electrons. The van der Waals surface area contributed by atoms with Crippen LogP contribution in [0.3, 0.4) is 0 Å². The molecule has 0 aliphatic heterocycles. The van der Waals surface area contributed by atoms with Crippen LogP contribution in [-0.2, 0) is 15.0 Å². The standard InChI is InChI=1S/C18H23NO4/c1-23-15-6-4-13(5-7-15)18(8-2-3-9-18)17(22)19-14-10-12(11-14)16(20)21/h4-7,12,14H,2-3,8-11H2,1H3,(H,19,22)(H,20,21). The number of amides is 1. The second-order valence-electron chi connectivity index (χ2n) is 6.69. The minimum absolute atomic E-state index is 0.000627. The van der Waals surface area contributed by atoms with E-state index < -0.39 is 11.4 Å². The Balaban J connectivity index is 1.72. The van der Waals surface area contributed by atoms with E-state index in [4.69, 9.17) is 9.84 Å². The Bertz CT molecular complexity index is 584. The number of carbonyl (C=O) groups is 2. The van der Waals surface area contributed by atoms with Crippen LogP contribution in [0.2, 0.25) is 0 Å². The Hall–Kier alpha value is -2.04. The number of ether oxygens (including phenoxy) is 1. The molecule has 0 aromatic heterocycles. The van der Waals surface area contributed by atoms with Crippen LogP contribution in [0.1, 0.15) is 44.1 Å². The lowest BCUT2D eigenvalue weighted by Gasteiger charge is -2.37. The van der Waals surface area contributed by atoms with Gasteiger partial charge in [-0.3, -0.25) is 9.59 Å². The Morgan fingerprint density at radius 2 is 1.78 bits per heavy atom. The first kappa shape index (κ1) is 15.8. The average Bonchev–Trinajstić information content (AvgIpc) is 3.01. The van der Waals surface area contributed by atoms with Crippen molar-refractivity contribution in [2.45, 2.75) is 50.0 Å². The van der Waals surface area contributed by atoms with Gasteiger partial charge in [0, 0.05) is 6.04 Å². The third-order valence-corrected chi connectivity index (χ3v) is 5.36. The van der Waals surface area contributed by atoms with Crippen molar-refractivity contribution in [3.8, 4) is 5.75 Å². The molecule has 0 saturated heterocycles. The van der Waals surface area contributed by atoms with E-state index in [0.717, 1.165) is 37.0 Å². The highest BCUT2D eigenvalue weighted by atomic mass is 16.5. The quantitative estimate of drug-likeness (QED) is 0.875. The zero-order valence-electron chi connectivity index (χ0n) is 13.4. The Labute approximate surface area is 136 Å². The maximum absolute atomic E-state index is 12.9. The maximum atomic E-state index is 12.9. The molecule has 5 heteroatoms. The molecule has 3 rings (SSSR count). The molecule has 0 bridgehead atoms. The molecule has 0 atom stereocenters. The monoisotopic (exact) mass is 317 g/mol. The number of nitrogens with one attached hydrogen (secondary N) is 1. The molecule has 2 saturated carbocycles. The van der Waals surface area contributed by atoms with Gasteiger partial charge in [0.25, 0.3) is 0 Å². The van der Waals surface area contributed by atoms with Crippen molar-refractivity contribution < 1.29 is 19.4 Å². The van der Waals surface area contributed by atoms with E-state index in [1.165, 1.54) is 0 Å². The molecular weight excluding hydrogens is 294 g/mol. The highest BCUT2D eigenvalue weighted by Gasteiger charge is 2.45. The zero-order chi connectivity index (χ0) is 16.4. The van der Waals surface area contributed by atoms with Crippen LogP contribution in [0.15, 0.2) is 24.3 Å². The molecule has 0 heterocycles. The lowest BCUT2D eigenvalue weighted by Crippen LogP contribution is -2.52. The van der Waals surface area contributed by atoms with E-state index in [9.17, 15) is 9.59 Å². The Morgan fingerprint density at radius 1 is 1.17 bits per heavy atom. The molecule has 2 N–H and O–H groups in total. The van der Waals surface area contributed by atoms with Gasteiger partial charge in [0.1, 0.15) is 5.75 Å². The molecule has 1 aromatic carbocycles. The highest BCUT2D eigenvalue weighted by molar-refractivity contribution is 5.89. The predicted molar refractivity (Wildman–Crippen MR) is 85.4 cm³/mol. The van der Waals surface area contributed by atoms with Crippen molar-refractivity contribution in [2.24, 2.45) is 5.92 Å². The fourth-order valence-electron chi connectivity index (χ4n) is 3.80. The van der Waals surface area contributed by atoms with Crippen molar-refractivity contribution in [2.75, 3.05) is 7.11 Å². The lowest BCUT2D eigenvalue weighted by atomic mass is 9.75. The number of carbonyl (C=O) groups excluding carboxylic acids is 1. The second-order valence-corrected chi connectivity index (χ2v) is 6.69. The normalized spacial score (nSPS) is 25.4. The molecule has 1 amide bonds. The smallest absolute Gasteiger partial charge is 0.306 e. The summed E-state index contributed by atoms with van der Waals surface area (Å²) >= 11 is 0. The SMILES string of the molecule is COc1ccc(C2(C(=O)NC3CC(C(=O)O)C3)CCCC2)cc1. The van der Waals surface area contributed by atoms with Gasteiger partial charge in [-0.25, -0.2) is 0 Å². The number of benzene rings is 1. The van der Waals surface area contributed by atoms with Crippen molar-refractivity contribution >= 4 is 11.9 Å². The fourth-order valence-corrected chi connectivity index (χ4v) is 3.80. The van der Waals surface area contributed by atoms with Gasteiger partial charge in [-0.2, -0.15) is 0 Å². The summed E-state index contributed by atoms with van der Waals surface area (Å²) in [5.41, 5.74) is 0.558. The van der Waals surface area contributed by atoms with E-state index in [2.05, 4.69) is 5.32 Å². The average molecular weight is 317 g/mol. The van der Waals surface area contributed by atoms with Crippen LogP contribution in [-0.4, -0.2) is 30.1 Å². The zero-order valence-corrected chi connectivity index (χ0v) is 13.4. The number of methoxy groups -OCH3 is 1. The summed E-state index contributed by atoms with van der Waals surface area (Å²) in [6.45, 7) is 0. The first-order valence-electron chi connectivity index (χ1n) is 8.23. The van der Waals surface area contributed by atoms with Crippen molar-refractivity contribution in [3.63, 3.8) is 0 Å². The summed E-state index contributed by atoms with van der Waals surface area (Å²) in [6, 6.07) is 7.74. The van der Waals surface area contributed by atoms with E-state index >= 15 is 0 Å². The minimum atomic E-state index is -0.763. The third kappa shape index (κ3) is 2.92. The lowest BCUT2D eigenvalue weighted by molar-refractivity contribution is -0.146. The van der Waals surface area contributed by atoms with Gasteiger partial charge in [0.2, 0.25) is 5.91 Å². The van der Waals surface area contributed by atoms with Gasteiger partial charge < -0.3 is 15.2 Å². The van der Waals surface area contributed by atoms with Crippen LogP contribution in [0.4, 0.5) is 0 Å². The summed E-state index contributed by atoms with van der Waals surface area (Å²) in [5.74, 6) is -0.235. The molecule has 5 nitrogen and oxygen atoms in total. The first-order valence-corrected chi connectivity index (χ1v) is 8.23. The van der Waals surface area contributed by atoms with Gasteiger partial charge in [0.15, 0.2) is 0 Å². The van der Waals surface area contributed by atoms with E-state index in [1.54, 1.807) is 7.11 Å². The number of hydrogen-bond acceptors (Lipinski definition) is 3. The van der Waals surface area contributed by atoms with Crippen molar-refractivity contribution in [1.82, 2.24) is 5.32 Å². The van der Waals surface area contributed by atoms with Gasteiger partial charge in [-0.15, -0.1) is 0 Å². The number of carboxylic acid groups (broad SMARTS) is 1. The summed E-state index contributed by atoms with van der Waals surface area (Å²) in [4.78, 5) is 23.8. The summed E-state index contributed by atoms with van der Waals surface area (Å²) < 4.78 is 5.19. The molecule has 1 aromatic rings. The number of hydrogen-bond donors (Lipinski definition) is 2. The van der Waals surface area contributed by atoms with Crippen LogP contribution >= 0.6 is 0 Å². The summed E-state index contributed by atoms with van der Waals surface area (Å²) in [7, 11) is 1.63. The molecule has 2 fully saturated rings. The van der Waals surface area contributed by atoms with Crippen LogP contribution in [0.25, 0.3) is 0 Å². The molecule has 23 heavy (non-hydrogen) atoms. The molecule has 2 aliphatic rings. The largest absolute Gasteiger partial charge is 0.497 e. The molecule has 2 aliphatic carbocycles. The topological polar surface area (TPSA) is 75.6 Å². The number of aliphatic carboxylic acids is 1. The highest BCUT2D eigenvalue weighted by Crippen LogP contribution is 2.42. The van der Waals surface area contributed by atoms with Crippen LogP contribution in [0.5, 0.6) is 5.75 Å². The van der Waals surface area contributed by atoms with Crippen molar-refractivity contribution in [3.05, 3.63) is 29.8 Å². The number of rotatable bonds is 5. The van der Waals surface area contributed by atoms with Crippen molar-refractivity contribution in [1.29, 1.82) is 0 Å². The summed E-state index contributed by atoms with van der Waals surface area (Å²) in [5, 5.41) is 12.0. The third-order valence-electron chi connectivity index (χ3n) is 5.36. The van der Waals surface area contributed by atoms with Gasteiger partial charge >= 0.3 is 5.97 Å². The molecule has 0 radical (unpaired) electrons. The number of carboxylic acids is 1. The van der Waals surface area contributed by atoms with Gasteiger partial charge in [-0.1, -0.05) is 25.0 Å². The van der Waals surface area contributed by atoms with Gasteiger partial charge in [-0.05, 0) is 43.4 Å².